The molecule has 3 aromatic rings. The van der Waals surface area contributed by atoms with Crippen molar-refractivity contribution in [1.29, 1.82) is 0 Å². The van der Waals surface area contributed by atoms with Crippen LogP contribution in [0.1, 0.15) is 5.56 Å². The number of alkyl halides is 3. The predicted octanol–water partition coefficient (Wildman–Crippen LogP) is 4.38. The van der Waals surface area contributed by atoms with Crippen molar-refractivity contribution >= 4 is 35.3 Å². The van der Waals surface area contributed by atoms with Gasteiger partial charge in [-0.1, -0.05) is 53.2 Å². The number of urea groups is 1. The number of aryl methyl sites for hydroxylation is 1. The topological polar surface area (TPSA) is 88.9 Å². The molecule has 3 rings (SSSR count). The normalized spacial score (nSPS) is 11.3. The first-order valence-electron chi connectivity index (χ1n) is 9.18. The number of aromatic nitrogens is 3. The van der Waals surface area contributed by atoms with Crippen LogP contribution >= 0.6 is 23.4 Å². The van der Waals surface area contributed by atoms with Crippen LogP contribution in [0.2, 0.25) is 5.02 Å². The molecule has 0 aliphatic heterocycles. The molecule has 1 heterocycles. The number of rotatable bonds is 6. The monoisotopic (exact) mass is 483 g/mol. The summed E-state index contributed by atoms with van der Waals surface area (Å²) in [4.78, 5) is 23.5. The number of halogens is 4. The van der Waals surface area contributed by atoms with Gasteiger partial charge in [0.1, 0.15) is 6.54 Å². The number of nitrogens with one attached hydrogen (secondary N) is 2. The largest absolute Gasteiger partial charge is 0.405 e. The Balaban J connectivity index is 1.78. The first-order chi connectivity index (χ1) is 15.1. The summed E-state index contributed by atoms with van der Waals surface area (Å²) in [6.45, 7) is 0.419. The first kappa shape index (κ1) is 23.6. The van der Waals surface area contributed by atoms with Crippen LogP contribution in [0.5, 0.6) is 0 Å². The number of benzene rings is 2. The predicted molar refractivity (Wildman–Crippen MR) is 115 cm³/mol. The molecule has 1 aromatic heterocycles. The lowest BCUT2D eigenvalue weighted by Crippen LogP contribution is -2.43. The molecule has 3 amide bonds. The Morgan fingerprint density at radius 1 is 1.06 bits per heavy atom. The highest BCUT2D eigenvalue weighted by molar-refractivity contribution is 7.99. The fourth-order valence-electron chi connectivity index (χ4n) is 2.59. The zero-order chi connectivity index (χ0) is 23.3. The van der Waals surface area contributed by atoms with Crippen LogP contribution in [0, 0.1) is 6.92 Å². The van der Waals surface area contributed by atoms with E-state index >= 15 is 0 Å². The zero-order valence-corrected chi connectivity index (χ0v) is 18.2. The molecule has 0 unspecified atom stereocenters. The average molecular weight is 484 g/mol. The molecule has 0 atom stereocenters. The Morgan fingerprint density at radius 2 is 1.72 bits per heavy atom. The lowest BCUT2D eigenvalue weighted by atomic mass is 10.1. The molecule has 168 valence electrons. The van der Waals surface area contributed by atoms with Crippen molar-refractivity contribution in [2.24, 2.45) is 0 Å². The van der Waals surface area contributed by atoms with E-state index in [1.54, 1.807) is 34.1 Å². The van der Waals surface area contributed by atoms with E-state index in [0.717, 1.165) is 22.9 Å². The lowest BCUT2D eigenvalue weighted by Gasteiger charge is -2.11. The average Bonchev–Trinajstić information content (AvgIpc) is 3.15. The van der Waals surface area contributed by atoms with Gasteiger partial charge in [-0.2, -0.15) is 13.2 Å². The third kappa shape index (κ3) is 6.47. The summed E-state index contributed by atoms with van der Waals surface area (Å²) < 4.78 is 38.2. The summed E-state index contributed by atoms with van der Waals surface area (Å²) in [6, 6.07) is 13.3. The van der Waals surface area contributed by atoms with Gasteiger partial charge in [0.2, 0.25) is 5.91 Å². The summed E-state index contributed by atoms with van der Waals surface area (Å²) in [5, 5.41) is 12.7. The minimum atomic E-state index is -4.57. The quantitative estimate of drug-likeness (QED) is 0.508. The highest BCUT2D eigenvalue weighted by atomic mass is 35.5. The number of amides is 3. The second-order valence-electron chi connectivity index (χ2n) is 6.62. The van der Waals surface area contributed by atoms with Gasteiger partial charge in [-0.25, -0.2) is 4.79 Å². The smallest absolute Gasteiger partial charge is 0.329 e. The molecule has 32 heavy (non-hydrogen) atoms. The fourth-order valence-corrected chi connectivity index (χ4v) is 3.47. The molecule has 2 N–H and O–H groups in total. The van der Waals surface area contributed by atoms with Crippen LogP contribution in [0.25, 0.3) is 17.1 Å². The minimum absolute atomic E-state index is 0.265. The molecular formula is C20H17ClF3N5O2S. The molecule has 7 nitrogen and oxygen atoms in total. The van der Waals surface area contributed by atoms with Crippen LogP contribution in [0.3, 0.4) is 0 Å². The van der Waals surface area contributed by atoms with Crippen LogP contribution in [0.15, 0.2) is 53.7 Å². The second-order valence-corrected chi connectivity index (χ2v) is 8.00. The number of thioether (sulfide) groups is 1. The number of carbonyl (C=O) groups is 2. The van der Waals surface area contributed by atoms with Gasteiger partial charge in [-0.3, -0.25) is 14.7 Å². The summed E-state index contributed by atoms with van der Waals surface area (Å²) >= 11 is 6.97. The summed E-state index contributed by atoms with van der Waals surface area (Å²) in [5.74, 6) is -0.519. The van der Waals surface area contributed by atoms with E-state index in [-0.39, 0.29) is 5.75 Å². The van der Waals surface area contributed by atoms with Crippen LogP contribution in [-0.2, 0) is 4.79 Å². The molecule has 0 fully saturated rings. The lowest BCUT2D eigenvalue weighted by molar-refractivity contribution is -0.124. The number of nitrogens with zero attached hydrogens (tertiary/aromatic N) is 3. The number of hydrogen-bond acceptors (Lipinski definition) is 5. The number of hydrogen-bond donors (Lipinski definition) is 2. The van der Waals surface area contributed by atoms with Crippen LogP contribution in [-0.4, -0.2) is 45.2 Å². The minimum Gasteiger partial charge on any atom is -0.329 e. The molecule has 0 aliphatic rings. The van der Waals surface area contributed by atoms with Crippen molar-refractivity contribution in [3.63, 3.8) is 0 Å². The van der Waals surface area contributed by atoms with E-state index < -0.39 is 24.7 Å². The van der Waals surface area contributed by atoms with Gasteiger partial charge in [-0.15, -0.1) is 10.2 Å². The number of imide groups is 1. The summed E-state index contributed by atoms with van der Waals surface area (Å²) in [7, 11) is 0. The van der Waals surface area contributed by atoms with E-state index in [1.807, 2.05) is 36.5 Å². The molecule has 0 radical (unpaired) electrons. The van der Waals surface area contributed by atoms with E-state index in [2.05, 4.69) is 10.2 Å². The molecule has 12 heteroatoms. The SMILES string of the molecule is Cc1ccc(-c2nnc(SCC(=O)NC(=O)NCC(F)(F)F)n2-c2ccc(Cl)cc2)cc1. The van der Waals surface area contributed by atoms with Gasteiger partial charge in [-0.05, 0) is 31.2 Å². The van der Waals surface area contributed by atoms with E-state index in [0.29, 0.717) is 21.7 Å². The van der Waals surface area contributed by atoms with Crippen molar-refractivity contribution in [3.05, 3.63) is 59.1 Å². The van der Waals surface area contributed by atoms with Gasteiger partial charge in [0.25, 0.3) is 0 Å². The van der Waals surface area contributed by atoms with E-state index in [1.165, 1.54) is 0 Å². The van der Waals surface area contributed by atoms with Crippen molar-refractivity contribution < 1.29 is 22.8 Å². The van der Waals surface area contributed by atoms with Gasteiger partial charge in [0, 0.05) is 16.3 Å². The highest BCUT2D eigenvalue weighted by Gasteiger charge is 2.28. The maximum atomic E-state index is 12.2. The first-order valence-corrected chi connectivity index (χ1v) is 10.5. The standard InChI is InChI=1S/C20H17ClF3N5O2S/c1-12-2-4-13(5-3-12)17-27-28-19(29(17)15-8-6-14(21)7-9-15)32-10-16(30)26-18(31)25-11-20(22,23)24/h2-9H,10-11H2,1H3,(H2,25,26,30,31). The molecule has 0 saturated carbocycles. The Kier molecular flexibility index (Phi) is 7.41. The van der Waals surface area contributed by atoms with Crippen molar-refractivity contribution in [2.45, 2.75) is 18.3 Å². The molecule has 0 saturated heterocycles. The van der Waals surface area contributed by atoms with Gasteiger partial charge in [0.05, 0.1) is 5.75 Å². The molecule has 0 spiro atoms. The Hall–Kier alpha value is -3.05. The zero-order valence-electron chi connectivity index (χ0n) is 16.6. The maximum absolute atomic E-state index is 12.2. The Labute approximate surface area is 190 Å². The Bertz CT molecular complexity index is 1100. The van der Waals surface area contributed by atoms with Crippen LogP contribution in [0.4, 0.5) is 18.0 Å². The summed E-state index contributed by atoms with van der Waals surface area (Å²) in [6.07, 6.45) is -4.57. The molecule has 0 aliphatic carbocycles. The van der Waals surface area contributed by atoms with Gasteiger partial charge in [0.15, 0.2) is 11.0 Å². The van der Waals surface area contributed by atoms with E-state index in [9.17, 15) is 22.8 Å². The Morgan fingerprint density at radius 3 is 2.34 bits per heavy atom. The maximum Gasteiger partial charge on any atom is 0.405 e. The van der Waals surface area contributed by atoms with Crippen molar-refractivity contribution in [3.8, 4) is 17.1 Å². The van der Waals surface area contributed by atoms with Crippen LogP contribution < -0.4 is 10.6 Å². The molecule has 2 aromatic carbocycles. The van der Waals surface area contributed by atoms with Crippen molar-refractivity contribution in [1.82, 2.24) is 25.4 Å². The third-order valence-corrected chi connectivity index (χ3v) is 5.24. The fraction of sp³-hybridized carbons (Fsp3) is 0.200. The van der Waals surface area contributed by atoms with E-state index in [4.69, 9.17) is 11.6 Å². The number of carbonyl (C=O) groups excluding carboxylic acids is 2. The third-order valence-electron chi connectivity index (χ3n) is 4.06. The molecular weight excluding hydrogens is 467 g/mol. The second kappa shape index (κ2) is 10.0. The van der Waals surface area contributed by atoms with Crippen molar-refractivity contribution in [2.75, 3.05) is 12.3 Å². The summed E-state index contributed by atoms with van der Waals surface area (Å²) in [5.41, 5.74) is 2.56. The molecule has 0 bridgehead atoms. The van der Waals surface area contributed by atoms with Gasteiger partial charge >= 0.3 is 12.2 Å². The highest BCUT2D eigenvalue weighted by Crippen LogP contribution is 2.28. The van der Waals surface area contributed by atoms with Gasteiger partial charge < -0.3 is 5.32 Å².